The number of carboxylic acids is 1. The highest BCUT2D eigenvalue weighted by atomic mass is 16.4. The van der Waals surface area contributed by atoms with Crippen molar-refractivity contribution in [3.8, 4) is 0 Å². The van der Waals surface area contributed by atoms with Crippen LogP contribution < -0.4 is 0 Å². The third-order valence-electron chi connectivity index (χ3n) is 3.37. The van der Waals surface area contributed by atoms with Gasteiger partial charge in [-0.2, -0.15) is 0 Å². The van der Waals surface area contributed by atoms with Crippen molar-refractivity contribution in [2.45, 2.75) is 57.9 Å². The number of hydrogen-bond donors (Lipinski definition) is 1. The van der Waals surface area contributed by atoms with E-state index in [0.29, 0.717) is 13.0 Å². The highest BCUT2D eigenvalue weighted by molar-refractivity contribution is 6.35. The molecular weight excluding hydrogens is 234 g/mol. The van der Waals surface area contributed by atoms with Crippen LogP contribution in [0.3, 0.4) is 0 Å². The van der Waals surface area contributed by atoms with E-state index in [1.165, 1.54) is 6.92 Å². The Bertz CT molecular complexity index is 327. The van der Waals surface area contributed by atoms with Gasteiger partial charge in [-0.3, -0.25) is 14.4 Å². The first-order valence-electron chi connectivity index (χ1n) is 6.55. The molecular formula is C13H21NO4. The molecule has 1 rings (SSSR count). The molecule has 1 aliphatic rings. The van der Waals surface area contributed by atoms with Crippen molar-refractivity contribution in [1.82, 2.24) is 4.90 Å². The number of amides is 1. The van der Waals surface area contributed by atoms with E-state index < -0.39 is 11.8 Å². The number of likely N-dealkylation sites (tertiary alicyclic amines) is 1. The van der Waals surface area contributed by atoms with E-state index in [9.17, 15) is 14.4 Å². The van der Waals surface area contributed by atoms with Crippen LogP contribution in [0.4, 0.5) is 0 Å². The first-order chi connectivity index (χ1) is 8.52. The molecule has 1 heterocycles. The highest BCUT2D eigenvalue weighted by Crippen LogP contribution is 2.22. The molecule has 0 bridgehead atoms. The molecule has 1 N–H and O–H groups in total. The van der Waals surface area contributed by atoms with Gasteiger partial charge in [0.15, 0.2) is 0 Å². The van der Waals surface area contributed by atoms with E-state index in [0.717, 1.165) is 32.1 Å². The number of nitrogens with zero attached hydrogens (tertiary/aromatic N) is 1. The van der Waals surface area contributed by atoms with Gasteiger partial charge in [0.25, 0.3) is 5.91 Å². The molecule has 0 aliphatic carbocycles. The van der Waals surface area contributed by atoms with Gasteiger partial charge in [-0.25, -0.2) is 0 Å². The van der Waals surface area contributed by atoms with Crippen LogP contribution in [0.25, 0.3) is 0 Å². The SMILES string of the molecule is CC(=O)C(=O)N1CCCC1CCCCCC(=O)O. The Kier molecular flexibility index (Phi) is 5.82. The number of ketones is 1. The van der Waals surface area contributed by atoms with Crippen LogP contribution in [-0.2, 0) is 14.4 Å². The fourth-order valence-corrected chi connectivity index (χ4v) is 2.44. The second kappa shape index (κ2) is 7.13. The molecule has 102 valence electrons. The summed E-state index contributed by atoms with van der Waals surface area (Å²) in [7, 11) is 0. The predicted molar refractivity (Wildman–Crippen MR) is 66.1 cm³/mol. The normalized spacial score (nSPS) is 18.9. The molecule has 1 aliphatic heterocycles. The number of rotatable bonds is 7. The maximum Gasteiger partial charge on any atom is 0.303 e. The third-order valence-corrected chi connectivity index (χ3v) is 3.37. The number of carbonyl (C=O) groups is 3. The van der Waals surface area contributed by atoms with Crippen molar-refractivity contribution in [3.05, 3.63) is 0 Å². The number of Topliss-reactive ketones (excluding diaryl/α,β-unsaturated/α-hetero) is 1. The van der Waals surface area contributed by atoms with Crippen LogP contribution in [0.2, 0.25) is 0 Å². The lowest BCUT2D eigenvalue weighted by atomic mass is 10.0. The van der Waals surface area contributed by atoms with Crippen molar-refractivity contribution in [1.29, 1.82) is 0 Å². The van der Waals surface area contributed by atoms with Gasteiger partial charge in [0.1, 0.15) is 0 Å². The largest absolute Gasteiger partial charge is 0.481 e. The van der Waals surface area contributed by atoms with Gasteiger partial charge < -0.3 is 10.0 Å². The number of aliphatic carboxylic acids is 1. The summed E-state index contributed by atoms with van der Waals surface area (Å²) in [5, 5.41) is 8.51. The van der Waals surface area contributed by atoms with E-state index in [-0.39, 0.29) is 18.4 Å². The summed E-state index contributed by atoms with van der Waals surface area (Å²) in [6.07, 6.45) is 5.46. The molecule has 0 spiro atoms. The van der Waals surface area contributed by atoms with Crippen molar-refractivity contribution in [3.63, 3.8) is 0 Å². The van der Waals surface area contributed by atoms with Gasteiger partial charge in [-0.1, -0.05) is 12.8 Å². The van der Waals surface area contributed by atoms with E-state index in [2.05, 4.69) is 0 Å². The second-order valence-electron chi connectivity index (χ2n) is 4.84. The van der Waals surface area contributed by atoms with Crippen LogP contribution in [0, 0.1) is 0 Å². The van der Waals surface area contributed by atoms with Gasteiger partial charge in [0.05, 0.1) is 0 Å². The fourth-order valence-electron chi connectivity index (χ4n) is 2.44. The molecule has 1 amide bonds. The maximum absolute atomic E-state index is 11.6. The van der Waals surface area contributed by atoms with Crippen molar-refractivity contribution >= 4 is 17.7 Å². The Hall–Kier alpha value is -1.39. The monoisotopic (exact) mass is 255 g/mol. The average molecular weight is 255 g/mol. The first kappa shape index (κ1) is 14.7. The zero-order valence-electron chi connectivity index (χ0n) is 10.9. The van der Waals surface area contributed by atoms with Crippen molar-refractivity contribution in [2.75, 3.05) is 6.54 Å². The maximum atomic E-state index is 11.6. The predicted octanol–water partition coefficient (Wildman–Crippen LogP) is 1.60. The Morgan fingerprint density at radius 2 is 1.94 bits per heavy atom. The van der Waals surface area contributed by atoms with Crippen LogP contribution in [0.5, 0.6) is 0 Å². The van der Waals surface area contributed by atoms with E-state index in [4.69, 9.17) is 5.11 Å². The summed E-state index contributed by atoms with van der Waals surface area (Å²) < 4.78 is 0. The fraction of sp³-hybridized carbons (Fsp3) is 0.769. The quantitative estimate of drug-likeness (QED) is 0.554. The van der Waals surface area contributed by atoms with Crippen LogP contribution >= 0.6 is 0 Å². The van der Waals surface area contributed by atoms with Gasteiger partial charge in [-0.05, 0) is 25.7 Å². The lowest BCUT2D eigenvalue weighted by Crippen LogP contribution is -2.39. The molecule has 5 heteroatoms. The summed E-state index contributed by atoms with van der Waals surface area (Å²) in [5.74, 6) is -1.53. The Morgan fingerprint density at radius 1 is 1.22 bits per heavy atom. The van der Waals surface area contributed by atoms with Gasteiger partial charge in [0.2, 0.25) is 5.78 Å². The zero-order chi connectivity index (χ0) is 13.5. The molecule has 18 heavy (non-hydrogen) atoms. The van der Waals surface area contributed by atoms with Crippen LogP contribution in [-0.4, -0.2) is 40.3 Å². The summed E-state index contributed by atoms with van der Waals surface area (Å²) in [6, 6.07) is 0.172. The minimum atomic E-state index is -0.760. The summed E-state index contributed by atoms with van der Waals surface area (Å²) in [4.78, 5) is 34.7. The molecule has 0 aromatic rings. The Balaban J connectivity index is 2.26. The molecule has 1 atom stereocenters. The lowest BCUT2D eigenvalue weighted by Gasteiger charge is -2.23. The average Bonchev–Trinajstić information content (AvgIpc) is 2.75. The number of carbonyl (C=O) groups excluding carboxylic acids is 2. The number of unbranched alkanes of at least 4 members (excludes halogenated alkanes) is 2. The third kappa shape index (κ3) is 4.47. The molecule has 1 saturated heterocycles. The van der Waals surface area contributed by atoms with E-state index in [1.807, 2.05) is 0 Å². The summed E-state index contributed by atoms with van der Waals surface area (Å²) >= 11 is 0. The van der Waals surface area contributed by atoms with E-state index in [1.54, 1.807) is 4.90 Å². The molecule has 0 radical (unpaired) electrons. The molecule has 1 unspecified atom stereocenters. The minimum absolute atomic E-state index is 0.172. The molecule has 0 aromatic heterocycles. The Labute approximate surface area is 107 Å². The standard InChI is InChI=1S/C13H21NO4/c1-10(15)13(18)14-9-5-7-11(14)6-3-2-4-8-12(16)17/h11H,2-9H2,1H3,(H,16,17). The first-order valence-corrected chi connectivity index (χ1v) is 6.55. The minimum Gasteiger partial charge on any atom is -0.481 e. The molecule has 1 fully saturated rings. The van der Waals surface area contributed by atoms with E-state index >= 15 is 0 Å². The summed E-state index contributed by atoms with van der Waals surface area (Å²) in [6.45, 7) is 1.99. The Morgan fingerprint density at radius 3 is 2.56 bits per heavy atom. The highest BCUT2D eigenvalue weighted by Gasteiger charge is 2.29. The van der Waals surface area contributed by atoms with Crippen molar-refractivity contribution in [2.24, 2.45) is 0 Å². The zero-order valence-corrected chi connectivity index (χ0v) is 10.9. The number of carboxylic acid groups (broad SMARTS) is 1. The van der Waals surface area contributed by atoms with Crippen molar-refractivity contribution < 1.29 is 19.5 Å². The van der Waals surface area contributed by atoms with Gasteiger partial charge >= 0.3 is 5.97 Å². The number of hydrogen-bond acceptors (Lipinski definition) is 3. The van der Waals surface area contributed by atoms with Crippen LogP contribution in [0.1, 0.15) is 51.9 Å². The summed E-state index contributed by atoms with van der Waals surface area (Å²) in [5.41, 5.74) is 0. The van der Waals surface area contributed by atoms with Crippen LogP contribution in [0.15, 0.2) is 0 Å². The van der Waals surface area contributed by atoms with Gasteiger partial charge in [0, 0.05) is 25.9 Å². The molecule has 0 saturated carbocycles. The second-order valence-corrected chi connectivity index (χ2v) is 4.84. The topological polar surface area (TPSA) is 74.7 Å². The van der Waals surface area contributed by atoms with Gasteiger partial charge in [-0.15, -0.1) is 0 Å². The smallest absolute Gasteiger partial charge is 0.303 e. The molecule has 0 aromatic carbocycles. The lowest BCUT2D eigenvalue weighted by molar-refractivity contribution is -0.144. The molecule has 5 nitrogen and oxygen atoms in total.